The molecule has 50 valence electrons. The van der Waals surface area contributed by atoms with Gasteiger partial charge >= 0.3 is 0 Å². The van der Waals surface area contributed by atoms with Crippen LogP contribution in [-0.4, -0.2) is 15.3 Å². The third-order valence-corrected chi connectivity index (χ3v) is 3.37. The zero-order chi connectivity index (χ0) is 7.02. The second-order valence-electron chi connectivity index (χ2n) is 2.65. The van der Waals surface area contributed by atoms with Crippen molar-refractivity contribution in [1.82, 2.24) is 0 Å². The van der Waals surface area contributed by atoms with E-state index < -0.39 is 0 Å². The molecule has 0 saturated heterocycles. The van der Waals surface area contributed by atoms with Gasteiger partial charge in [0.2, 0.25) is 0 Å². The Hall–Kier alpha value is -0.503. The monoisotopic (exact) mass is 140 g/mol. The summed E-state index contributed by atoms with van der Waals surface area (Å²) in [6.45, 7) is 4.20. The van der Waals surface area contributed by atoms with E-state index in [4.69, 9.17) is 0 Å². The lowest BCUT2D eigenvalue weighted by Crippen LogP contribution is -1.88. The van der Waals surface area contributed by atoms with Gasteiger partial charge in [-0.2, -0.15) is 0 Å². The van der Waals surface area contributed by atoms with Crippen molar-refractivity contribution in [3.8, 4) is 0 Å². The van der Waals surface area contributed by atoms with Crippen molar-refractivity contribution in [1.29, 1.82) is 0 Å². The summed E-state index contributed by atoms with van der Waals surface area (Å²) in [7, 11) is 0.970. The normalized spacial score (nSPS) is 27.3. The highest BCUT2D eigenvalue weighted by atomic mass is 28.1. The molecule has 0 fully saturated rings. The van der Waals surface area contributed by atoms with Crippen LogP contribution in [0.4, 0.5) is 0 Å². The SMILES string of the molecule is CC1=C([SiH3])C(O)=CC1C. The minimum atomic E-state index is 0.470. The van der Waals surface area contributed by atoms with Gasteiger partial charge in [0.15, 0.2) is 0 Å². The van der Waals surface area contributed by atoms with Gasteiger partial charge in [-0.3, -0.25) is 0 Å². The number of allylic oxidation sites excluding steroid dienone is 3. The third-order valence-electron chi connectivity index (χ3n) is 2.07. The Morgan fingerprint density at radius 3 is 2.33 bits per heavy atom. The molecule has 1 atom stereocenters. The molecule has 1 unspecified atom stereocenters. The van der Waals surface area contributed by atoms with Crippen LogP contribution in [0.1, 0.15) is 13.8 Å². The first-order valence-corrected chi connectivity index (χ1v) is 4.21. The number of hydrogen-bond acceptors (Lipinski definition) is 1. The van der Waals surface area contributed by atoms with Gasteiger partial charge in [0.05, 0.1) is 0 Å². The van der Waals surface area contributed by atoms with Crippen LogP contribution in [0.5, 0.6) is 0 Å². The Bertz CT molecular complexity index is 191. The molecule has 1 aliphatic rings. The number of aliphatic hydroxyl groups excluding tert-OH is 1. The maximum absolute atomic E-state index is 9.18. The molecule has 0 amide bonds. The minimum absolute atomic E-state index is 0.470. The van der Waals surface area contributed by atoms with E-state index in [1.165, 1.54) is 10.8 Å². The van der Waals surface area contributed by atoms with Gasteiger partial charge in [0.25, 0.3) is 0 Å². The highest BCUT2D eigenvalue weighted by molar-refractivity contribution is 6.24. The largest absolute Gasteiger partial charge is 0.508 e. The first-order valence-electron chi connectivity index (χ1n) is 3.21. The summed E-state index contributed by atoms with van der Waals surface area (Å²) in [4.78, 5) is 0. The van der Waals surface area contributed by atoms with E-state index in [-0.39, 0.29) is 0 Å². The molecule has 0 aromatic carbocycles. The zero-order valence-corrected chi connectivity index (χ0v) is 8.10. The molecule has 1 N–H and O–H groups in total. The molecule has 0 spiro atoms. The average Bonchev–Trinajstić information content (AvgIpc) is 1.98. The first kappa shape index (κ1) is 6.61. The molecule has 9 heavy (non-hydrogen) atoms. The first-order chi connectivity index (χ1) is 4.13. The molecule has 1 aliphatic carbocycles. The lowest BCUT2D eigenvalue weighted by atomic mass is 10.1. The van der Waals surface area contributed by atoms with Crippen LogP contribution in [0.3, 0.4) is 0 Å². The summed E-state index contributed by atoms with van der Waals surface area (Å²) >= 11 is 0. The van der Waals surface area contributed by atoms with Gasteiger partial charge in [0, 0.05) is 10.2 Å². The summed E-state index contributed by atoms with van der Waals surface area (Å²) in [5, 5.41) is 10.4. The van der Waals surface area contributed by atoms with Crippen LogP contribution >= 0.6 is 0 Å². The fraction of sp³-hybridized carbons (Fsp3) is 0.429. The molecular weight excluding hydrogens is 128 g/mol. The summed E-state index contributed by atoms with van der Waals surface area (Å²) in [5.41, 5.74) is 1.35. The number of rotatable bonds is 0. The van der Waals surface area contributed by atoms with Crippen LogP contribution in [-0.2, 0) is 0 Å². The van der Waals surface area contributed by atoms with Crippen molar-refractivity contribution in [2.24, 2.45) is 5.92 Å². The van der Waals surface area contributed by atoms with E-state index in [1.807, 2.05) is 6.08 Å². The quantitative estimate of drug-likeness (QED) is 0.491. The smallest absolute Gasteiger partial charge is 0.110 e. The molecule has 1 rings (SSSR count). The number of hydrogen-bond donors (Lipinski definition) is 1. The van der Waals surface area contributed by atoms with Crippen molar-refractivity contribution < 1.29 is 5.11 Å². The van der Waals surface area contributed by atoms with E-state index in [2.05, 4.69) is 13.8 Å². The van der Waals surface area contributed by atoms with Crippen molar-refractivity contribution in [2.45, 2.75) is 13.8 Å². The van der Waals surface area contributed by atoms with Crippen LogP contribution in [0.15, 0.2) is 22.6 Å². The predicted octanol–water partition coefficient (Wildman–Crippen LogP) is 0.717. The molecule has 0 radical (unpaired) electrons. The molecule has 2 heteroatoms. The van der Waals surface area contributed by atoms with Gasteiger partial charge in [-0.15, -0.1) is 0 Å². The standard InChI is InChI=1S/C7H12OSi/c1-4-3-6(8)7(9)5(4)2/h3-4,8H,1-2,9H3. The molecule has 0 aromatic rings. The minimum Gasteiger partial charge on any atom is -0.508 e. The van der Waals surface area contributed by atoms with Gasteiger partial charge in [0.1, 0.15) is 5.76 Å². The Morgan fingerprint density at radius 2 is 2.22 bits per heavy atom. The summed E-state index contributed by atoms with van der Waals surface area (Å²) in [6.07, 6.45) is 1.91. The molecule has 1 nitrogen and oxygen atoms in total. The average molecular weight is 140 g/mol. The lowest BCUT2D eigenvalue weighted by Gasteiger charge is -1.99. The Morgan fingerprint density at radius 1 is 1.67 bits per heavy atom. The van der Waals surface area contributed by atoms with Crippen LogP contribution < -0.4 is 0 Å². The Labute approximate surface area is 58.5 Å². The van der Waals surface area contributed by atoms with E-state index in [0.717, 1.165) is 10.2 Å². The molecule has 0 aromatic heterocycles. The van der Waals surface area contributed by atoms with Gasteiger partial charge in [-0.1, -0.05) is 12.5 Å². The van der Waals surface area contributed by atoms with E-state index in [1.54, 1.807) is 0 Å². The molecular formula is C7H12OSi. The summed E-state index contributed by atoms with van der Waals surface area (Å²) in [6, 6.07) is 0. The zero-order valence-electron chi connectivity index (χ0n) is 6.10. The van der Waals surface area contributed by atoms with Gasteiger partial charge in [-0.25, -0.2) is 0 Å². The highest BCUT2D eigenvalue weighted by Gasteiger charge is 2.14. The number of aliphatic hydroxyl groups is 1. The fourth-order valence-electron chi connectivity index (χ4n) is 1.03. The van der Waals surface area contributed by atoms with Crippen LogP contribution in [0.25, 0.3) is 0 Å². The van der Waals surface area contributed by atoms with Gasteiger partial charge < -0.3 is 5.11 Å². The molecule has 0 saturated carbocycles. The van der Waals surface area contributed by atoms with E-state index >= 15 is 0 Å². The third kappa shape index (κ3) is 0.943. The lowest BCUT2D eigenvalue weighted by molar-refractivity contribution is 0.429. The predicted molar refractivity (Wildman–Crippen MR) is 42.5 cm³/mol. The molecule has 0 aliphatic heterocycles. The summed E-state index contributed by atoms with van der Waals surface area (Å²) < 4.78 is 0. The molecule has 0 bridgehead atoms. The maximum atomic E-state index is 9.18. The van der Waals surface area contributed by atoms with Crippen LogP contribution in [0.2, 0.25) is 0 Å². The Balaban J connectivity index is 2.97. The fourth-order valence-corrected chi connectivity index (χ4v) is 1.65. The van der Waals surface area contributed by atoms with E-state index in [9.17, 15) is 5.11 Å². The maximum Gasteiger partial charge on any atom is 0.110 e. The van der Waals surface area contributed by atoms with Crippen LogP contribution in [0, 0.1) is 5.92 Å². The topological polar surface area (TPSA) is 20.2 Å². The van der Waals surface area contributed by atoms with Crippen molar-refractivity contribution in [3.05, 3.63) is 22.6 Å². The second kappa shape index (κ2) is 2.03. The molecule has 0 heterocycles. The van der Waals surface area contributed by atoms with Crippen molar-refractivity contribution in [2.75, 3.05) is 0 Å². The van der Waals surface area contributed by atoms with E-state index in [0.29, 0.717) is 11.7 Å². The van der Waals surface area contributed by atoms with Crippen molar-refractivity contribution in [3.63, 3.8) is 0 Å². The summed E-state index contributed by atoms with van der Waals surface area (Å²) in [5.74, 6) is 0.990. The highest BCUT2D eigenvalue weighted by Crippen LogP contribution is 2.26. The van der Waals surface area contributed by atoms with Gasteiger partial charge in [-0.05, 0) is 24.1 Å². The second-order valence-corrected chi connectivity index (χ2v) is 3.65. The van der Waals surface area contributed by atoms with Crippen molar-refractivity contribution >= 4 is 10.2 Å². The Kier molecular flexibility index (Phi) is 1.49.